The van der Waals surface area contributed by atoms with Gasteiger partial charge in [-0.2, -0.15) is 0 Å². The third-order valence-corrected chi connectivity index (χ3v) is 5.15. The fourth-order valence-electron chi connectivity index (χ4n) is 3.16. The minimum Gasteiger partial charge on any atom is -0.309 e. The van der Waals surface area contributed by atoms with Crippen LogP contribution in [0.25, 0.3) is 0 Å². The highest BCUT2D eigenvalue weighted by Crippen LogP contribution is 2.37. The SMILES string of the molecule is CNC(c1cccc(C2CCC2)c1)c1cc(Br)ccc1C. The quantitative estimate of drug-likeness (QED) is 0.790. The molecule has 0 heterocycles. The molecule has 1 saturated carbocycles. The molecule has 1 aliphatic carbocycles. The van der Waals surface area contributed by atoms with Crippen molar-refractivity contribution < 1.29 is 0 Å². The molecule has 1 unspecified atom stereocenters. The first kappa shape index (κ1) is 14.8. The molecule has 1 aliphatic rings. The molecule has 1 nitrogen and oxygen atoms in total. The zero-order valence-electron chi connectivity index (χ0n) is 12.7. The second-order valence-electron chi connectivity index (χ2n) is 6.02. The van der Waals surface area contributed by atoms with Crippen LogP contribution in [0.4, 0.5) is 0 Å². The van der Waals surface area contributed by atoms with E-state index in [1.807, 2.05) is 7.05 Å². The molecule has 110 valence electrons. The highest BCUT2D eigenvalue weighted by atomic mass is 79.9. The second kappa shape index (κ2) is 6.33. The Morgan fingerprint density at radius 3 is 2.62 bits per heavy atom. The Balaban J connectivity index is 1.97. The molecule has 1 atom stereocenters. The zero-order chi connectivity index (χ0) is 14.8. The first-order chi connectivity index (χ1) is 10.2. The van der Waals surface area contributed by atoms with Crippen LogP contribution in [0.15, 0.2) is 46.9 Å². The van der Waals surface area contributed by atoms with E-state index in [2.05, 4.69) is 70.6 Å². The number of hydrogen-bond acceptors (Lipinski definition) is 1. The van der Waals surface area contributed by atoms with Gasteiger partial charge in [0.15, 0.2) is 0 Å². The van der Waals surface area contributed by atoms with Crippen LogP contribution < -0.4 is 5.32 Å². The summed E-state index contributed by atoms with van der Waals surface area (Å²) in [4.78, 5) is 0. The highest BCUT2D eigenvalue weighted by Gasteiger charge is 2.21. The Labute approximate surface area is 135 Å². The predicted molar refractivity (Wildman–Crippen MR) is 92.8 cm³/mol. The van der Waals surface area contributed by atoms with Crippen LogP contribution in [0.5, 0.6) is 0 Å². The molecule has 0 bridgehead atoms. The number of nitrogens with one attached hydrogen (secondary N) is 1. The summed E-state index contributed by atoms with van der Waals surface area (Å²) in [5.74, 6) is 0.783. The molecule has 21 heavy (non-hydrogen) atoms. The van der Waals surface area contributed by atoms with Gasteiger partial charge in [-0.05, 0) is 67.1 Å². The van der Waals surface area contributed by atoms with Crippen LogP contribution in [-0.4, -0.2) is 7.05 Å². The van der Waals surface area contributed by atoms with E-state index >= 15 is 0 Å². The molecule has 3 rings (SSSR count). The van der Waals surface area contributed by atoms with Crippen molar-refractivity contribution in [3.05, 3.63) is 69.2 Å². The van der Waals surface area contributed by atoms with Crippen LogP contribution in [0.3, 0.4) is 0 Å². The number of rotatable bonds is 4. The molecule has 1 fully saturated rings. The predicted octanol–water partition coefficient (Wildman–Crippen LogP) is 5.33. The van der Waals surface area contributed by atoms with E-state index in [4.69, 9.17) is 0 Å². The van der Waals surface area contributed by atoms with Crippen molar-refractivity contribution in [2.24, 2.45) is 0 Å². The molecule has 2 aromatic carbocycles. The maximum Gasteiger partial charge on any atom is 0.0577 e. The molecule has 0 aliphatic heterocycles. The summed E-state index contributed by atoms with van der Waals surface area (Å²) < 4.78 is 1.14. The summed E-state index contributed by atoms with van der Waals surface area (Å²) in [6.07, 6.45) is 4.09. The number of halogens is 1. The van der Waals surface area contributed by atoms with Crippen LogP contribution >= 0.6 is 15.9 Å². The number of benzene rings is 2. The van der Waals surface area contributed by atoms with E-state index in [0.717, 1.165) is 10.4 Å². The third-order valence-electron chi connectivity index (χ3n) is 4.66. The summed E-state index contributed by atoms with van der Waals surface area (Å²) in [6.45, 7) is 2.18. The summed E-state index contributed by atoms with van der Waals surface area (Å²) >= 11 is 3.60. The summed E-state index contributed by atoms with van der Waals surface area (Å²) in [7, 11) is 2.04. The Kier molecular flexibility index (Phi) is 4.46. The van der Waals surface area contributed by atoms with Gasteiger partial charge in [-0.15, -0.1) is 0 Å². The van der Waals surface area contributed by atoms with Crippen molar-refractivity contribution >= 4 is 15.9 Å². The molecular weight excluding hydrogens is 322 g/mol. The van der Waals surface area contributed by atoms with Crippen LogP contribution in [-0.2, 0) is 0 Å². The number of hydrogen-bond donors (Lipinski definition) is 1. The lowest BCUT2D eigenvalue weighted by molar-refractivity contribution is 0.419. The van der Waals surface area contributed by atoms with Gasteiger partial charge in [0.2, 0.25) is 0 Å². The van der Waals surface area contributed by atoms with Crippen molar-refractivity contribution in [1.82, 2.24) is 5.32 Å². The standard InChI is InChI=1S/C19H22BrN/c1-13-9-10-17(20)12-18(13)19(21-2)16-8-4-7-15(11-16)14-5-3-6-14/h4,7-12,14,19,21H,3,5-6H2,1-2H3. The van der Waals surface area contributed by atoms with E-state index in [0.29, 0.717) is 0 Å². The largest absolute Gasteiger partial charge is 0.309 e. The van der Waals surface area contributed by atoms with Gasteiger partial charge in [-0.3, -0.25) is 0 Å². The van der Waals surface area contributed by atoms with Crippen molar-refractivity contribution in [3.8, 4) is 0 Å². The topological polar surface area (TPSA) is 12.0 Å². The van der Waals surface area contributed by atoms with Gasteiger partial charge in [0.05, 0.1) is 6.04 Å². The zero-order valence-corrected chi connectivity index (χ0v) is 14.3. The van der Waals surface area contributed by atoms with Crippen molar-refractivity contribution in [3.63, 3.8) is 0 Å². The van der Waals surface area contributed by atoms with Gasteiger partial charge in [-0.25, -0.2) is 0 Å². The molecule has 1 N–H and O–H groups in total. The second-order valence-corrected chi connectivity index (χ2v) is 6.94. The maximum atomic E-state index is 3.60. The minimum absolute atomic E-state index is 0.252. The molecular formula is C19H22BrN. The van der Waals surface area contributed by atoms with Gasteiger partial charge in [0.25, 0.3) is 0 Å². The van der Waals surface area contributed by atoms with Gasteiger partial charge >= 0.3 is 0 Å². The van der Waals surface area contributed by atoms with E-state index in [1.54, 1.807) is 0 Å². The van der Waals surface area contributed by atoms with Gasteiger partial charge in [0.1, 0.15) is 0 Å². The van der Waals surface area contributed by atoms with Gasteiger partial charge in [0, 0.05) is 4.47 Å². The van der Waals surface area contributed by atoms with Crippen molar-refractivity contribution in [2.45, 2.75) is 38.1 Å². The molecule has 0 saturated heterocycles. The van der Waals surface area contributed by atoms with Gasteiger partial charge < -0.3 is 5.32 Å². The lowest BCUT2D eigenvalue weighted by Gasteiger charge is -2.27. The van der Waals surface area contributed by atoms with E-state index in [9.17, 15) is 0 Å². The Morgan fingerprint density at radius 1 is 1.14 bits per heavy atom. The average Bonchev–Trinajstić information content (AvgIpc) is 2.42. The lowest BCUT2D eigenvalue weighted by atomic mass is 9.79. The molecule has 0 aromatic heterocycles. The van der Waals surface area contributed by atoms with Gasteiger partial charge in [-0.1, -0.05) is 52.7 Å². The first-order valence-electron chi connectivity index (χ1n) is 7.72. The van der Waals surface area contributed by atoms with Crippen LogP contribution in [0, 0.1) is 6.92 Å². The van der Waals surface area contributed by atoms with Crippen molar-refractivity contribution in [1.29, 1.82) is 0 Å². The fraction of sp³-hybridized carbons (Fsp3) is 0.368. The molecule has 0 radical (unpaired) electrons. The van der Waals surface area contributed by atoms with Crippen LogP contribution in [0.2, 0.25) is 0 Å². The monoisotopic (exact) mass is 343 g/mol. The molecule has 2 aromatic rings. The fourth-order valence-corrected chi connectivity index (χ4v) is 3.54. The van der Waals surface area contributed by atoms with E-state index in [-0.39, 0.29) is 6.04 Å². The molecule has 2 heteroatoms. The van der Waals surface area contributed by atoms with E-state index in [1.165, 1.54) is 41.5 Å². The minimum atomic E-state index is 0.252. The molecule has 0 spiro atoms. The Morgan fingerprint density at radius 2 is 1.95 bits per heavy atom. The number of aryl methyl sites for hydroxylation is 1. The summed E-state index contributed by atoms with van der Waals surface area (Å²) in [5, 5.41) is 3.48. The Hall–Kier alpha value is -1.12. The smallest absolute Gasteiger partial charge is 0.0577 e. The highest BCUT2D eigenvalue weighted by molar-refractivity contribution is 9.10. The third kappa shape index (κ3) is 3.07. The average molecular weight is 344 g/mol. The van der Waals surface area contributed by atoms with Crippen molar-refractivity contribution in [2.75, 3.05) is 7.05 Å². The van der Waals surface area contributed by atoms with E-state index < -0.39 is 0 Å². The van der Waals surface area contributed by atoms with Crippen LogP contribution in [0.1, 0.15) is 53.5 Å². The molecule has 0 amide bonds. The maximum absolute atomic E-state index is 3.60. The Bertz CT molecular complexity index is 631. The lowest BCUT2D eigenvalue weighted by Crippen LogP contribution is -2.19. The first-order valence-corrected chi connectivity index (χ1v) is 8.51. The normalized spacial score (nSPS) is 16.5. The summed E-state index contributed by atoms with van der Waals surface area (Å²) in [5.41, 5.74) is 5.54. The summed E-state index contributed by atoms with van der Waals surface area (Å²) in [6, 6.07) is 15.9.